The molecule has 1 aromatic carbocycles. The maximum Gasteiger partial charge on any atom is 0.193 e. The molecule has 1 saturated heterocycles. The van der Waals surface area contributed by atoms with Crippen molar-refractivity contribution in [2.24, 2.45) is 16.8 Å². The standard InChI is InChI=1S/C19H26FN3.HI/c1-21-19(23-11-13-6-2-3-7-14(13)12-23)22-18-10-16(18)15-8-4-5-9-17(15)20;/h4-5,8-9,13-14,16,18H,2-3,6-7,10-12H2,1H3,(H,21,22);1H. The lowest BCUT2D eigenvalue weighted by molar-refractivity contribution is 0.299. The van der Waals surface area contributed by atoms with Crippen LogP contribution in [-0.2, 0) is 0 Å². The molecule has 0 aromatic heterocycles. The molecule has 0 radical (unpaired) electrons. The van der Waals surface area contributed by atoms with Crippen LogP contribution in [-0.4, -0.2) is 37.0 Å². The lowest BCUT2D eigenvalue weighted by atomic mass is 9.82. The van der Waals surface area contributed by atoms with E-state index in [1.165, 1.54) is 25.7 Å². The van der Waals surface area contributed by atoms with Crippen LogP contribution >= 0.6 is 24.0 Å². The first-order valence-electron chi connectivity index (χ1n) is 8.99. The van der Waals surface area contributed by atoms with E-state index in [-0.39, 0.29) is 35.7 Å². The number of nitrogens with zero attached hydrogens (tertiary/aromatic N) is 2. The van der Waals surface area contributed by atoms with Crippen molar-refractivity contribution in [3.8, 4) is 0 Å². The summed E-state index contributed by atoms with van der Waals surface area (Å²) in [7, 11) is 1.87. The third-order valence-electron chi connectivity index (χ3n) is 5.90. The topological polar surface area (TPSA) is 27.6 Å². The van der Waals surface area contributed by atoms with E-state index in [2.05, 4.69) is 15.2 Å². The van der Waals surface area contributed by atoms with Crippen LogP contribution < -0.4 is 5.32 Å². The van der Waals surface area contributed by atoms with Gasteiger partial charge in [-0.15, -0.1) is 24.0 Å². The van der Waals surface area contributed by atoms with Gasteiger partial charge in [0.1, 0.15) is 5.82 Å². The Kier molecular flexibility index (Phi) is 5.67. The third-order valence-corrected chi connectivity index (χ3v) is 5.90. The van der Waals surface area contributed by atoms with E-state index in [1.54, 1.807) is 12.1 Å². The largest absolute Gasteiger partial charge is 0.353 e. The number of hydrogen-bond acceptors (Lipinski definition) is 1. The highest BCUT2D eigenvalue weighted by atomic mass is 127. The van der Waals surface area contributed by atoms with Crippen molar-refractivity contribution in [2.45, 2.75) is 44.1 Å². The summed E-state index contributed by atoms with van der Waals surface area (Å²) in [6, 6.07) is 7.48. The molecule has 132 valence electrons. The molecule has 3 fully saturated rings. The normalized spacial score (nSPS) is 32.1. The summed E-state index contributed by atoms with van der Waals surface area (Å²) >= 11 is 0. The molecular formula is C19H27FIN3. The predicted molar refractivity (Wildman–Crippen MR) is 106 cm³/mol. The highest BCUT2D eigenvalue weighted by Gasteiger charge is 2.42. The molecule has 4 atom stereocenters. The van der Waals surface area contributed by atoms with Crippen LogP contribution in [0.5, 0.6) is 0 Å². The molecule has 0 spiro atoms. The van der Waals surface area contributed by atoms with Crippen molar-refractivity contribution in [1.29, 1.82) is 0 Å². The molecule has 0 bridgehead atoms. The van der Waals surface area contributed by atoms with E-state index in [4.69, 9.17) is 0 Å². The highest BCUT2D eigenvalue weighted by Crippen LogP contribution is 2.42. The number of aliphatic imine (C=N–C) groups is 1. The Bertz CT molecular complexity index is 592. The van der Waals surface area contributed by atoms with Crippen molar-refractivity contribution >= 4 is 29.9 Å². The fourth-order valence-corrected chi connectivity index (χ4v) is 4.52. The zero-order valence-corrected chi connectivity index (χ0v) is 16.6. The summed E-state index contributed by atoms with van der Waals surface area (Å²) < 4.78 is 13.9. The van der Waals surface area contributed by atoms with Gasteiger partial charge in [-0.3, -0.25) is 4.99 Å². The maximum absolute atomic E-state index is 13.9. The van der Waals surface area contributed by atoms with Crippen molar-refractivity contribution < 1.29 is 4.39 Å². The summed E-state index contributed by atoms with van der Waals surface area (Å²) in [6.07, 6.45) is 6.53. The molecule has 2 aliphatic carbocycles. The lowest BCUT2D eigenvalue weighted by Crippen LogP contribution is -2.41. The molecule has 4 rings (SSSR count). The Morgan fingerprint density at radius 3 is 2.46 bits per heavy atom. The molecule has 1 N–H and O–H groups in total. The number of likely N-dealkylation sites (tertiary alicyclic amines) is 1. The van der Waals surface area contributed by atoms with Gasteiger partial charge in [0.05, 0.1) is 0 Å². The smallest absolute Gasteiger partial charge is 0.193 e. The van der Waals surface area contributed by atoms with Crippen LogP contribution in [0.2, 0.25) is 0 Å². The van der Waals surface area contributed by atoms with Gasteiger partial charge >= 0.3 is 0 Å². The number of nitrogens with one attached hydrogen (secondary N) is 1. The maximum atomic E-state index is 13.9. The van der Waals surface area contributed by atoms with E-state index < -0.39 is 0 Å². The molecule has 1 aliphatic heterocycles. The minimum Gasteiger partial charge on any atom is -0.353 e. The summed E-state index contributed by atoms with van der Waals surface area (Å²) in [5.41, 5.74) is 0.843. The van der Waals surface area contributed by atoms with Crippen LogP contribution in [0.15, 0.2) is 29.3 Å². The Labute approximate surface area is 161 Å². The van der Waals surface area contributed by atoms with Gasteiger partial charge in [-0.2, -0.15) is 0 Å². The van der Waals surface area contributed by atoms with E-state index in [0.717, 1.165) is 42.9 Å². The zero-order chi connectivity index (χ0) is 15.8. The minimum absolute atomic E-state index is 0. The number of rotatable bonds is 2. The molecule has 2 saturated carbocycles. The zero-order valence-electron chi connectivity index (χ0n) is 14.2. The van der Waals surface area contributed by atoms with Crippen molar-refractivity contribution in [3.63, 3.8) is 0 Å². The molecule has 4 unspecified atom stereocenters. The van der Waals surface area contributed by atoms with Crippen molar-refractivity contribution in [2.75, 3.05) is 20.1 Å². The fourth-order valence-electron chi connectivity index (χ4n) is 4.52. The Hall–Kier alpha value is -0.850. The van der Waals surface area contributed by atoms with E-state index in [0.29, 0.717) is 6.04 Å². The molecule has 0 amide bonds. The van der Waals surface area contributed by atoms with Gasteiger partial charge in [0.15, 0.2) is 5.96 Å². The molecule has 3 aliphatic rings. The first-order valence-corrected chi connectivity index (χ1v) is 8.99. The second kappa shape index (κ2) is 7.58. The second-order valence-electron chi connectivity index (χ2n) is 7.37. The summed E-state index contributed by atoms with van der Waals surface area (Å²) in [4.78, 5) is 6.92. The van der Waals surface area contributed by atoms with Crippen molar-refractivity contribution in [1.82, 2.24) is 10.2 Å². The van der Waals surface area contributed by atoms with E-state index in [1.807, 2.05) is 19.2 Å². The van der Waals surface area contributed by atoms with Gasteiger partial charge in [0, 0.05) is 32.1 Å². The van der Waals surface area contributed by atoms with Gasteiger partial charge in [-0.25, -0.2) is 4.39 Å². The second-order valence-corrected chi connectivity index (χ2v) is 7.37. The monoisotopic (exact) mass is 443 g/mol. The quantitative estimate of drug-likeness (QED) is 0.425. The first-order chi connectivity index (χ1) is 11.3. The number of halogens is 2. The van der Waals surface area contributed by atoms with Gasteiger partial charge < -0.3 is 10.2 Å². The Morgan fingerprint density at radius 2 is 1.83 bits per heavy atom. The van der Waals surface area contributed by atoms with Crippen LogP contribution in [0.4, 0.5) is 4.39 Å². The molecule has 5 heteroatoms. The van der Waals surface area contributed by atoms with Crippen LogP contribution in [0.25, 0.3) is 0 Å². The number of hydrogen-bond donors (Lipinski definition) is 1. The van der Waals surface area contributed by atoms with Gasteiger partial charge in [0.25, 0.3) is 0 Å². The average Bonchev–Trinajstić information content (AvgIpc) is 3.19. The van der Waals surface area contributed by atoms with Crippen LogP contribution in [0.1, 0.15) is 43.6 Å². The minimum atomic E-state index is -0.0796. The van der Waals surface area contributed by atoms with E-state index >= 15 is 0 Å². The summed E-state index contributed by atoms with van der Waals surface area (Å²) in [6.45, 7) is 2.28. The highest BCUT2D eigenvalue weighted by molar-refractivity contribution is 14.0. The number of fused-ring (bicyclic) bond motifs is 1. The molecule has 1 aromatic rings. The average molecular weight is 443 g/mol. The van der Waals surface area contributed by atoms with Crippen LogP contribution in [0, 0.1) is 17.7 Å². The number of guanidine groups is 1. The molecule has 3 nitrogen and oxygen atoms in total. The molecular weight excluding hydrogens is 416 g/mol. The SMILES string of the molecule is CN=C(NC1CC1c1ccccc1F)N1CC2CCCCC2C1.I. The lowest BCUT2D eigenvalue weighted by Gasteiger charge is -2.22. The fraction of sp³-hybridized carbons (Fsp3) is 0.632. The van der Waals surface area contributed by atoms with E-state index in [9.17, 15) is 4.39 Å². The Balaban J connectivity index is 0.00000169. The first kappa shape index (κ1) is 18.0. The predicted octanol–water partition coefficient (Wildman–Crippen LogP) is 4.00. The van der Waals surface area contributed by atoms with Gasteiger partial charge in [0.2, 0.25) is 0 Å². The summed E-state index contributed by atoms with van der Waals surface area (Å²) in [5.74, 6) is 2.93. The third kappa shape index (κ3) is 3.55. The molecule has 24 heavy (non-hydrogen) atoms. The Morgan fingerprint density at radius 1 is 1.17 bits per heavy atom. The van der Waals surface area contributed by atoms with Gasteiger partial charge in [-0.05, 0) is 42.7 Å². The van der Waals surface area contributed by atoms with Crippen LogP contribution in [0.3, 0.4) is 0 Å². The molecule has 1 heterocycles. The van der Waals surface area contributed by atoms with Gasteiger partial charge in [-0.1, -0.05) is 31.0 Å². The van der Waals surface area contributed by atoms with Crippen molar-refractivity contribution in [3.05, 3.63) is 35.6 Å². The number of benzene rings is 1. The summed E-state index contributed by atoms with van der Waals surface area (Å²) in [5, 5.41) is 3.58.